The summed E-state index contributed by atoms with van der Waals surface area (Å²) in [7, 11) is -5.35. The second-order valence-corrected chi connectivity index (χ2v) is 18.5. The molecule has 6 unspecified atom stereocenters. The maximum Gasteiger partial charge on any atom is 0.410 e. The molecule has 2 heterocycles. The number of amides is 1. The first-order chi connectivity index (χ1) is 23.3. The van der Waals surface area contributed by atoms with Crippen LogP contribution in [0.1, 0.15) is 125 Å². The van der Waals surface area contributed by atoms with Crippen LogP contribution in [0, 0.1) is 35.5 Å². The van der Waals surface area contributed by atoms with E-state index in [0.717, 1.165) is 25.7 Å². The van der Waals surface area contributed by atoms with E-state index in [-0.39, 0.29) is 33.6 Å². The van der Waals surface area contributed by atoms with E-state index in [9.17, 15) is 21.6 Å². The molecule has 1 aliphatic rings. The summed E-state index contributed by atoms with van der Waals surface area (Å²) in [4.78, 5) is 14.1. The Kier molecular flexibility index (Phi) is 18.2. The molecule has 1 amide bonds. The molecule has 0 N–H and O–H groups in total. The highest BCUT2D eigenvalue weighted by atomic mass is 32.3. The highest BCUT2D eigenvalue weighted by molar-refractivity contribution is 7.94. The number of carbonyl (C=O) groups excluding carboxylic acids is 1. The Morgan fingerprint density at radius 2 is 1.61 bits per heavy atom. The van der Waals surface area contributed by atoms with E-state index in [4.69, 9.17) is 9.47 Å². The molecule has 0 aromatic carbocycles. The molecule has 0 aliphatic carbocycles. The predicted molar refractivity (Wildman–Crippen MR) is 200 cm³/mol. The summed E-state index contributed by atoms with van der Waals surface area (Å²) in [6.07, 6.45) is 9.54. The van der Waals surface area contributed by atoms with Crippen molar-refractivity contribution in [3.63, 3.8) is 0 Å². The number of thiophene rings is 1. The molecule has 0 saturated heterocycles. The normalized spacial score (nSPS) is 20.3. The van der Waals surface area contributed by atoms with Crippen LogP contribution >= 0.6 is 11.3 Å². The van der Waals surface area contributed by atoms with Crippen molar-refractivity contribution in [1.29, 1.82) is 0 Å². The van der Waals surface area contributed by atoms with Crippen LogP contribution in [0.25, 0.3) is 0 Å². The van der Waals surface area contributed by atoms with Gasteiger partial charge in [0.15, 0.2) is 0 Å². The summed E-state index contributed by atoms with van der Waals surface area (Å²) >= 11 is 0.701. The lowest BCUT2D eigenvalue weighted by Crippen LogP contribution is -2.47. The quantitative estimate of drug-likeness (QED) is 0.0860. The Morgan fingerprint density at radius 3 is 2.12 bits per heavy atom. The van der Waals surface area contributed by atoms with Crippen molar-refractivity contribution in [2.45, 2.75) is 128 Å². The van der Waals surface area contributed by atoms with Crippen LogP contribution in [0.5, 0.6) is 0 Å². The minimum atomic E-state index is -4.17. The lowest BCUT2D eigenvalue weighted by Gasteiger charge is -2.42. The van der Waals surface area contributed by atoms with Crippen molar-refractivity contribution < 1.29 is 31.1 Å². The van der Waals surface area contributed by atoms with Crippen molar-refractivity contribution in [1.82, 2.24) is 9.21 Å². The predicted octanol–water partition coefficient (Wildman–Crippen LogP) is 8.64. The molecule has 0 bridgehead atoms. The van der Waals surface area contributed by atoms with E-state index >= 15 is 0 Å². The first kappa shape index (κ1) is 43.6. The van der Waals surface area contributed by atoms with Crippen LogP contribution in [0.15, 0.2) is 18.9 Å². The number of rotatable bonds is 22. The van der Waals surface area contributed by atoms with Gasteiger partial charge in [0.1, 0.15) is 8.42 Å². The fraction of sp³-hybridized carbons (Fsp3) is 0.833. The fourth-order valence-corrected chi connectivity index (χ4v) is 13.1. The SMILES string of the molecule is CCC(C)C(CC)C(CC)C(CC)C(CC)C(CC)CCC=NS(=O)(=O)c1cc2c(s1)S(=O)(=O)N(CCCOC)C[C@@H]2N(CC)C(=O)OC. The van der Waals surface area contributed by atoms with Crippen molar-refractivity contribution in [2.24, 2.45) is 39.9 Å². The van der Waals surface area contributed by atoms with Gasteiger partial charge in [-0.25, -0.2) is 13.2 Å². The molecule has 0 spiro atoms. The maximum atomic E-state index is 13.7. The average Bonchev–Trinajstić information content (AvgIpc) is 3.57. The van der Waals surface area contributed by atoms with E-state index in [0.29, 0.717) is 66.3 Å². The van der Waals surface area contributed by atoms with Gasteiger partial charge in [0.2, 0.25) is 0 Å². The first-order valence-corrected chi connectivity index (χ1v) is 22.2. The third-order valence-corrected chi connectivity index (χ3v) is 16.3. The maximum absolute atomic E-state index is 13.7. The second kappa shape index (κ2) is 20.5. The zero-order chi connectivity index (χ0) is 36.9. The molecule has 1 aliphatic heterocycles. The van der Waals surface area contributed by atoms with Crippen LogP contribution < -0.4 is 0 Å². The van der Waals surface area contributed by atoms with Gasteiger partial charge in [-0.2, -0.15) is 17.1 Å². The molecule has 1 aromatic rings. The van der Waals surface area contributed by atoms with E-state index in [1.54, 1.807) is 14.0 Å². The summed E-state index contributed by atoms with van der Waals surface area (Å²) in [5.41, 5.74) is 0.282. The zero-order valence-corrected chi connectivity index (χ0v) is 34.3. The number of methoxy groups -OCH3 is 2. The molecule has 49 heavy (non-hydrogen) atoms. The Labute approximate surface area is 302 Å². The number of fused-ring (bicyclic) bond motifs is 1. The Morgan fingerprint density at radius 1 is 1.00 bits per heavy atom. The number of sulfonamides is 2. The van der Waals surface area contributed by atoms with Gasteiger partial charge in [-0.05, 0) is 67.8 Å². The van der Waals surface area contributed by atoms with E-state index in [1.165, 1.54) is 47.9 Å². The molecule has 0 saturated carbocycles. The second-order valence-electron chi connectivity index (χ2n) is 13.5. The summed E-state index contributed by atoms with van der Waals surface area (Å²) in [6, 6.07) is 0.678. The number of nitrogens with zero attached hydrogens (tertiary/aromatic N) is 3. The van der Waals surface area contributed by atoms with Gasteiger partial charge in [-0.1, -0.05) is 87.0 Å². The molecule has 0 radical (unpaired) electrons. The molecule has 7 atom stereocenters. The smallest absolute Gasteiger partial charge is 0.410 e. The number of ether oxygens (including phenoxy) is 2. The zero-order valence-electron chi connectivity index (χ0n) is 31.8. The molecular weight excluding hydrogens is 683 g/mol. The molecule has 2 rings (SSSR count). The van der Waals surface area contributed by atoms with Crippen molar-refractivity contribution in [3.05, 3.63) is 11.6 Å². The molecular formula is C36H65N3O7S3. The lowest BCUT2D eigenvalue weighted by atomic mass is 9.63. The minimum absolute atomic E-state index is 0.00746. The number of hydrogen-bond donors (Lipinski definition) is 0. The topological polar surface area (TPSA) is 123 Å². The minimum Gasteiger partial charge on any atom is -0.453 e. The van der Waals surface area contributed by atoms with Gasteiger partial charge in [-0.3, -0.25) is 0 Å². The van der Waals surface area contributed by atoms with Gasteiger partial charge < -0.3 is 14.4 Å². The summed E-state index contributed by atoms with van der Waals surface area (Å²) in [6.45, 7) is 18.8. The monoisotopic (exact) mass is 747 g/mol. The van der Waals surface area contributed by atoms with Gasteiger partial charge in [0.05, 0.1) is 13.2 Å². The average molecular weight is 748 g/mol. The standard InChI is InChI=1S/C36H65N3O7S3/c1-11-26(8)28(13-3)30(15-5)31(16-6)29(14-4)27(12-2)20-18-21-37-48(41,42)34-24-32-33(39(17-7)36(40)46-10)25-38(22-19-23-45-9)49(43,44)35(32)47-34/h21,24,26-31,33H,11-20,22-23,25H2,1-10H3/t26?,27?,28?,29?,30?,31?,33-/m0/s1. The van der Waals surface area contributed by atoms with Gasteiger partial charge in [0, 0.05) is 45.1 Å². The Balaban J connectivity index is 2.36. The third-order valence-electron chi connectivity index (χ3n) is 11.1. The van der Waals surface area contributed by atoms with Gasteiger partial charge in [-0.15, -0.1) is 11.3 Å². The first-order valence-electron chi connectivity index (χ1n) is 18.5. The number of carbonyl (C=O) groups is 1. The molecule has 1 aromatic heterocycles. The number of likely N-dealkylation sites (N-methyl/N-ethyl adjacent to an activating group) is 1. The molecule has 13 heteroatoms. The largest absolute Gasteiger partial charge is 0.453 e. The van der Waals surface area contributed by atoms with E-state index in [2.05, 4.69) is 52.9 Å². The fourth-order valence-electron chi connectivity index (χ4n) is 8.36. The highest BCUT2D eigenvalue weighted by Crippen LogP contribution is 2.45. The highest BCUT2D eigenvalue weighted by Gasteiger charge is 2.43. The Bertz CT molecular complexity index is 1400. The summed E-state index contributed by atoms with van der Waals surface area (Å²) < 4.78 is 69.7. The van der Waals surface area contributed by atoms with Crippen LogP contribution in [-0.2, 0) is 29.5 Å². The van der Waals surface area contributed by atoms with E-state index in [1.807, 2.05) is 0 Å². The molecule has 0 fully saturated rings. The van der Waals surface area contributed by atoms with Crippen molar-refractivity contribution in [3.8, 4) is 0 Å². The van der Waals surface area contributed by atoms with Gasteiger partial charge in [0.25, 0.3) is 20.0 Å². The molecule has 10 nitrogen and oxygen atoms in total. The van der Waals surface area contributed by atoms with Crippen LogP contribution in [-0.4, -0.2) is 78.8 Å². The van der Waals surface area contributed by atoms with Crippen molar-refractivity contribution in [2.75, 3.05) is 40.5 Å². The summed E-state index contributed by atoms with van der Waals surface area (Å²) in [5, 5.41) is 0. The van der Waals surface area contributed by atoms with Crippen molar-refractivity contribution >= 4 is 43.7 Å². The van der Waals surface area contributed by atoms with E-state index < -0.39 is 32.2 Å². The summed E-state index contributed by atoms with van der Waals surface area (Å²) in [5.74, 6) is 3.69. The van der Waals surface area contributed by atoms with Crippen LogP contribution in [0.4, 0.5) is 4.79 Å². The molecule has 284 valence electrons. The van der Waals surface area contributed by atoms with Crippen LogP contribution in [0.3, 0.4) is 0 Å². The van der Waals surface area contributed by atoms with Gasteiger partial charge >= 0.3 is 6.09 Å². The van der Waals surface area contributed by atoms with Crippen LogP contribution in [0.2, 0.25) is 0 Å². The Hall–Kier alpha value is -1.54. The lowest BCUT2D eigenvalue weighted by molar-refractivity contribution is 0.0731. The number of hydrogen-bond acceptors (Lipinski definition) is 8. The third kappa shape index (κ3) is 10.5.